The molecule has 0 fully saturated rings. The van der Waals surface area contributed by atoms with E-state index in [1.165, 1.54) is 23.5 Å². The van der Waals surface area contributed by atoms with Crippen LogP contribution in [0.1, 0.15) is 43.5 Å². The highest BCUT2D eigenvalue weighted by atomic mass is 32.1. The van der Waals surface area contributed by atoms with E-state index in [1.54, 1.807) is 30.3 Å². The molecule has 1 heterocycles. The molecule has 0 atom stereocenters. The molecule has 0 radical (unpaired) electrons. The van der Waals surface area contributed by atoms with Crippen molar-refractivity contribution in [2.24, 2.45) is 4.99 Å². The van der Waals surface area contributed by atoms with Gasteiger partial charge in [0.25, 0.3) is 5.91 Å². The number of hydrogen-bond acceptors (Lipinski definition) is 3. The number of ether oxygens (including phenoxy) is 1. The number of amides is 1. The minimum Gasteiger partial charge on any atom is -0.494 e. The molecule has 6 heteroatoms. The molecular weight excluding hydrogens is 363 g/mol. The predicted molar refractivity (Wildman–Crippen MR) is 107 cm³/mol. The molecule has 3 aromatic rings. The summed E-state index contributed by atoms with van der Waals surface area (Å²) < 4.78 is 21.9. The average molecular weight is 386 g/mol. The SMILES string of the molecule is CCCCOc1ccc(C(=O)N=c2sc3cc(F)ccc3n2CCC)cc1. The summed E-state index contributed by atoms with van der Waals surface area (Å²) in [5.41, 5.74) is 1.40. The lowest BCUT2D eigenvalue weighted by atomic mass is 10.2. The van der Waals surface area contributed by atoms with Crippen LogP contribution in [-0.4, -0.2) is 17.1 Å². The Kier molecular flexibility index (Phi) is 6.40. The molecule has 0 bridgehead atoms. The van der Waals surface area contributed by atoms with Gasteiger partial charge in [0.05, 0.1) is 16.8 Å². The van der Waals surface area contributed by atoms with E-state index >= 15 is 0 Å². The lowest BCUT2D eigenvalue weighted by Gasteiger charge is -2.05. The van der Waals surface area contributed by atoms with Crippen LogP contribution in [0.3, 0.4) is 0 Å². The van der Waals surface area contributed by atoms with Crippen LogP contribution in [0.5, 0.6) is 5.75 Å². The number of fused-ring (bicyclic) bond motifs is 1. The summed E-state index contributed by atoms with van der Waals surface area (Å²) in [6.07, 6.45) is 2.97. The molecule has 0 aliphatic rings. The molecule has 0 aliphatic heterocycles. The zero-order valence-corrected chi connectivity index (χ0v) is 16.4. The summed E-state index contributed by atoms with van der Waals surface area (Å²) >= 11 is 1.33. The van der Waals surface area contributed by atoms with E-state index in [4.69, 9.17) is 4.74 Å². The molecule has 27 heavy (non-hydrogen) atoms. The number of carbonyl (C=O) groups is 1. The summed E-state index contributed by atoms with van der Waals surface area (Å²) in [4.78, 5) is 17.5. The van der Waals surface area contributed by atoms with Gasteiger partial charge in [-0.3, -0.25) is 4.79 Å². The topological polar surface area (TPSA) is 43.6 Å². The zero-order valence-electron chi connectivity index (χ0n) is 15.6. The third-order valence-electron chi connectivity index (χ3n) is 4.16. The number of nitrogens with zero attached hydrogens (tertiary/aromatic N) is 2. The van der Waals surface area contributed by atoms with Crippen molar-refractivity contribution in [1.29, 1.82) is 0 Å². The Hall–Kier alpha value is -2.47. The largest absolute Gasteiger partial charge is 0.494 e. The molecular formula is C21H23FN2O2S. The van der Waals surface area contributed by atoms with Gasteiger partial charge in [0, 0.05) is 12.1 Å². The van der Waals surface area contributed by atoms with Gasteiger partial charge in [-0.2, -0.15) is 4.99 Å². The lowest BCUT2D eigenvalue weighted by molar-refractivity contribution is 0.0998. The third-order valence-corrected chi connectivity index (χ3v) is 5.20. The van der Waals surface area contributed by atoms with Gasteiger partial charge in [-0.1, -0.05) is 31.6 Å². The second kappa shape index (κ2) is 8.95. The van der Waals surface area contributed by atoms with Crippen molar-refractivity contribution < 1.29 is 13.9 Å². The van der Waals surface area contributed by atoms with Crippen molar-refractivity contribution in [2.45, 2.75) is 39.7 Å². The number of unbranched alkanes of at least 4 members (excludes halogenated alkanes) is 1. The van der Waals surface area contributed by atoms with E-state index in [0.29, 0.717) is 17.0 Å². The van der Waals surface area contributed by atoms with Gasteiger partial charge in [-0.15, -0.1) is 0 Å². The molecule has 1 aromatic heterocycles. The van der Waals surface area contributed by atoms with Crippen LogP contribution < -0.4 is 9.54 Å². The fourth-order valence-electron chi connectivity index (χ4n) is 2.75. The number of benzene rings is 2. The van der Waals surface area contributed by atoms with Crippen molar-refractivity contribution in [1.82, 2.24) is 4.57 Å². The van der Waals surface area contributed by atoms with Crippen LogP contribution >= 0.6 is 11.3 Å². The van der Waals surface area contributed by atoms with Gasteiger partial charge < -0.3 is 9.30 Å². The molecule has 1 amide bonds. The highest BCUT2D eigenvalue weighted by molar-refractivity contribution is 7.16. The molecule has 0 saturated carbocycles. The molecule has 0 spiro atoms. The number of rotatable bonds is 7. The number of carbonyl (C=O) groups excluding carboxylic acids is 1. The molecule has 2 aromatic carbocycles. The van der Waals surface area contributed by atoms with E-state index in [0.717, 1.165) is 41.8 Å². The van der Waals surface area contributed by atoms with E-state index in [9.17, 15) is 9.18 Å². The van der Waals surface area contributed by atoms with E-state index in [2.05, 4.69) is 18.8 Å². The number of hydrogen-bond donors (Lipinski definition) is 0. The maximum atomic E-state index is 13.5. The van der Waals surface area contributed by atoms with Crippen LogP contribution in [0.2, 0.25) is 0 Å². The lowest BCUT2D eigenvalue weighted by Crippen LogP contribution is -2.16. The normalized spacial score (nSPS) is 11.9. The van der Waals surface area contributed by atoms with Gasteiger partial charge in [0.1, 0.15) is 11.6 Å². The first-order valence-electron chi connectivity index (χ1n) is 9.23. The second-order valence-corrected chi connectivity index (χ2v) is 7.30. The molecule has 0 unspecified atom stereocenters. The molecule has 0 aliphatic carbocycles. The number of aromatic nitrogens is 1. The molecule has 4 nitrogen and oxygen atoms in total. The Labute approximate surface area is 161 Å². The summed E-state index contributed by atoms with van der Waals surface area (Å²) in [5.74, 6) is 0.148. The molecule has 142 valence electrons. The average Bonchev–Trinajstić information content (AvgIpc) is 2.99. The van der Waals surface area contributed by atoms with E-state index in [1.807, 2.05) is 4.57 Å². The fourth-order valence-corrected chi connectivity index (χ4v) is 3.83. The molecule has 0 N–H and O–H groups in total. The van der Waals surface area contributed by atoms with Crippen LogP contribution in [0.4, 0.5) is 4.39 Å². The smallest absolute Gasteiger partial charge is 0.279 e. The standard InChI is InChI=1S/C21H23FN2O2S/c1-3-5-13-26-17-9-6-15(7-10-17)20(25)23-21-24(12-4-2)18-11-8-16(22)14-19(18)27-21/h6-11,14H,3-5,12-13H2,1-2H3. The number of aryl methyl sites for hydroxylation is 1. The first-order chi connectivity index (χ1) is 13.1. The van der Waals surface area contributed by atoms with Gasteiger partial charge >= 0.3 is 0 Å². The highest BCUT2D eigenvalue weighted by Gasteiger charge is 2.10. The van der Waals surface area contributed by atoms with E-state index in [-0.39, 0.29) is 11.7 Å². The van der Waals surface area contributed by atoms with Gasteiger partial charge in [0.2, 0.25) is 0 Å². The Balaban J connectivity index is 1.89. The highest BCUT2D eigenvalue weighted by Crippen LogP contribution is 2.19. The minimum absolute atomic E-state index is 0.288. The van der Waals surface area contributed by atoms with Crippen molar-refractivity contribution in [2.75, 3.05) is 6.61 Å². The Morgan fingerprint density at radius 1 is 1.15 bits per heavy atom. The quantitative estimate of drug-likeness (QED) is 0.526. The Morgan fingerprint density at radius 2 is 1.93 bits per heavy atom. The van der Waals surface area contributed by atoms with Gasteiger partial charge in [0.15, 0.2) is 4.80 Å². The Morgan fingerprint density at radius 3 is 2.63 bits per heavy atom. The molecule has 0 saturated heterocycles. The van der Waals surface area contributed by atoms with Crippen LogP contribution in [0, 0.1) is 5.82 Å². The second-order valence-electron chi connectivity index (χ2n) is 6.29. The van der Waals surface area contributed by atoms with Crippen LogP contribution in [0.15, 0.2) is 47.5 Å². The summed E-state index contributed by atoms with van der Waals surface area (Å²) in [5, 5.41) is 0. The maximum absolute atomic E-state index is 13.5. The van der Waals surface area contributed by atoms with Crippen molar-refractivity contribution >= 4 is 27.5 Å². The Bertz CT molecular complexity index is 990. The van der Waals surface area contributed by atoms with Crippen molar-refractivity contribution in [3.63, 3.8) is 0 Å². The minimum atomic E-state index is -0.313. The summed E-state index contributed by atoms with van der Waals surface area (Å²) in [6.45, 7) is 5.56. The number of thiazole rings is 1. The van der Waals surface area contributed by atoms with Crippen molar-refractivity contribution in [3.8, 4) is 5.75 Å². The zero-order chi connectivity index (χ0) is 19.2. The monoisotopic (exact) mass is 386 g/mol. The van der Waals surface area contributed by atoms with Crippen LogP contribution in [-0.2, 0) is 6.54 Å². The first kappa shape index (κ1) is 19.3. The third kappa shape index (κ3) is 4.63. The van der Waals surface area contributed by atoms with Gasteiger partial charge in [-0.25, -0.2) is 4.39 Å². The van der Waals surface area contributed by atoms with Gasteiger partial charge in [-0.05, 0) is 55.3 Å². The van der Waals surface area contributed by atoms with Crippen molar-refractivity contribution in [3.05, 3.63) is 58.6 Å². The fraction of sp³-hybridized carbons (Fsp3) is 0.333. The van der Waals surface area contributed by atoms with Crippen LogP contribution in [0.25, 0.3) is 10.2 Å². The summed E-state index contributed by atoms with van der Waals surface area (Å²) in [7, 11) is 0. The predicted octanol–water partition coefficient (Wildman–Crippen LogP) is 5.17. The van der Waals surface area contributed by atoms with E-state index < -0.39 is 0 Å². The molecule has 3 rings (SSSR count). The number of halogens is 1. The maximum Gasteiger partial charge on any atom is 0.279 e. The first-order valence-corrected chi connectivity index (χ1v) is 10.0. The summed E-state index contributed by atoms with van der Waals surface area (Å²) in [6, 6.07) is 11.7.